The number of likely N-dealkylation sites (tertiary alicyclic amines) is 1. The van der Waals surface area contributed by atoms with Gasteiger partial charge in [0.15, 0.2) is 0 Å². The predicted molar refractivity (Wildman–Crippen MR) is 49.8 cm³/mol. The molecule has 0 aromatic heterocycles. The topological polar surface area (TPSA) is 29.5 Å². The standard InChI is InChI=1S/C10H15F2NO2/c1-7-2-3-13(6-7)9(14)15-8-4-10(11,12)5-8/h7-8H,2-6H2,1H3. The molecular weight excluding hydrogens is 204 g/mol. The largest absolute Gasteiger partial charge is 0.446 e. The number of hydrogen-bond donors (Lipinski definition) is 0. The predicted octanol–water partition coefficient (Wildman–Crippen LogP) is 2.26. The molecule has 1 saturated heterocycles. The zero-order valence-electron chi connectivity index (χ0n) is 8.71. The second kappa shape index (κ2) is 3.61. The smallest absolute Gasteiger partial charge is 0.410 e. The van der Waals surface area contributed by atoms with E-state index in [2.05, 4.69) is 6.92 Å². The molecule has 3 nitrogen and oxygen atoms in total. The summed E-state index contributed by atoms with van der Waals surface area (Å²) in [6.45, 7) is 3.43. The summed E-state index contributed by atoms with van der Waals surface area (Å²) in [5.74, 6) is -2.14. The van der Waals surface area contributed by atoms with E-state index in [1.807, 2.05) is 0 Å². The monoisotopic (exact) mass is 219 g/mol. The minimum Gasteiger partial charge on any atom is -0.446 e. The lowest BCUT2D eigenvalue weighted by atomic mass is 9.91. The van der Waals surface area contributed by atoms with Crippen LogP contribution in [0.25, 0.3) is 0 Å². The van der Waals surface area contributed by atoms with E-state index >= 15 is 0 Å². The molecule has 0 spiro atoms. The zero-order valence-corrected chi connectivity index (χ0v) is 8.71. The first-order chi connectivity index (χ1) is 6.96. The van der Waals surface area contributed by atoms with E-state index in [1.165, 1.54) is 0 Å². The van der Waals surface area contributed by atoms with Gasteiger partial charge in [0, 0.05) is 25.9 Å². The molecule has 0 aromatic carbocycles. The summed E-state index contributed by atoms with van der Waals surface area (Å²) < 4.78 is 29.9. The van der Waals surface area contributed by atoms with E-state index in [4.69, 9.17) is 4.74 Å². The lowest BCUT2D eigenvalue weighted by molar-refractivity contribution is -0.147. The molecule has 2 aliphatic rings. The third-order valence-corrected chi connectivity index (χ3v) is 3.00. The number of halogens is 2. The highest BCUT2D eigenvalue weighted by molar-refractivity contribution is 5.68. The van der Waals surface area contributed by atoms with Gasteiger partial charge in [0.25, 0.3) is 5.92 Å². The van der Waals surface area contributed by atoms with Crippen molar-refractivity contribution in [1.29, 1.82) is 0 Å². The highest BCUT2D eigenvalue weighted by Gasteiger charge is 2.48. The van der Waals surface area contributed by atoms with Crippen LogP contribution in [0, 0.1) is 5.92 Å². The number of rotatable bonds is 1. The number of carbonyl (C=O) groups excluding carboxylic acids is 1. The van der Waals surface area contributed by atoms with Crippen LogP contribution in [0.15, 0.2) is 0 Å². The van der Waals surface area contributed by atoms with E-state index in [0.717, 1.165) is 6.42 Å². The summed E-state index contributed by atoms with van der Waals surface area (Å²) in [7, 11) is 0. The van der Waals surface area contributed by atoms with E-state index in [1.54, 1.807) is 4.90 Å². The number of alkyl halides is 2. The summed E-state index contributed by atoms with van der Waals surface area (Å²) in [5.41, 5.74) is 0. The molecule has 1 amide bonds. The Bertz CT molecular complexity index is 262. The second-order valence-corrected chi connectivity index (χ2v) is 4.61. The van der Waals surface area contributed by atoms with Gasteiger partial charge in [-0.15, -0.1) is 0 Å². The summed E-state index contributed by atoms with van der Waals surface area (Å²) in [6, 6.07) is 0. The van der Waals surface area contributed by atoms with Gasteiger partial charge in [0.05, 0.1) is 0 Å². The fourth-order valence-corrected chi connectivity index (χ4v) is 2.01. The number of nitrogens with zero attached hydrogens (tertiary/aromatic N) is 1. The van der Waals surface area contributed by atoms with Crippen LogP contribution in [0.2, 0.25) is 0 Å². The fraction of sp³-hybridized carbons (Fsp3) is 0.900. The number of carbonyl (C=O) groups is 1. The first-order valence-electron chi connectivity index (χ1n) is 5.30. The lowest BCUT2D eigenvalue weighted by Crippen LogP contribution is -2.44. The van der Waals surface area contributed by atoms with Crippen LogP contribution in [0.1, 0.15) is 26.2 Å². The number of hydrogen-bond acceptors (Lipinski definition) is 2. The normalized spacial score (nSPS) is 30.1. The number of ether oxygens (including phenoxy) is 1. The van der Waals surface area contributed by atoms with E-state index in [9.17, 15) is 13.6 Å². The molecule has 1 atom stereocenters. The van der Waals surface area contributed by atoms with Crippen molar-refractivity contribution in [3.8, 4) is 0 Å². The van der Waals surface area contributed by atoms with Gasteiger partial charge in [0.1, 0.15) is 6.10 Å². The third kappa shape index (κ3) is 2.38. The minimum absolute atomic E-state index is 0.317. The van der Waals surface area contributed by atoms with Gasteiger partial charge >= 0.3 is 6.09 Å². The van der Waals surface area contributed by atoms with Crippen LogP contribution in [0.4, 0.5) is 13.6 Å². The van der Waals surface area contributed by atoms with Crippen molar-refractivity contribution in [2.24, 2.45) is 5.92 Å². The average Bonchev–Trinajstić information content (AvgIpc) is 2.48. The molecule has 0 bridgehead atoms. The van der Waals surface area contributed by atoms with Crippen molar-refractivity contribution in [3.05, 3.63) is 0 Å². The van der Waals surface area contributed by atoms with Crippen molar-refractivity contribution in [2.45, 2.75) is 38.2 Å². The first-order valence-corrected chi connectivity index (χ1v) is 5.30. The van der Waals surface area contributed by atoms with Crippen LogP contribution in [0.5, 0.6) is 0 Å². The van der Waals surface area contributed by atoms with Gasteiger partial charge in [-0.3, -0.25) is 0 Å². The van der Waals surface area contributed by atoms with Gasteiger partial charge in [-0.25, -0.2) is 13.6 Å². The Morgan fingerprint density at radius 3 is 2.60 bits per heavy atom. The Labute approximate surface area is 87.4 Å². The highest BCUT2D eigenvalue weighted by Crippen LogP contribution is 2.39. The molecule has 5 heteroatoms. The van der Waals surface area contributed by atoms with Crippen molar-refractivity contribution >= 4 is 6.09 Å². The molecular formula is C10H15F2NO2. The van der Waals surface area contributed by atoms with E-state index in [-0.39, 0.29) is 12.8 Å². The Morgan fingerprint density at radius 1 is 1.47 bits per heavy atom. The molecule has 1 heterocycles. The van der Waals surface area contributed by atoms with Crippen molar-refractivity contribution in [3.63, 3.8) is 0 Å². The summed E-state index contributed by atoms with van der Waals surface area (Å²) in [6.07, 6.45) is -0.677. The lowest BCUT2D eigenvalue weighted by Gasteiger charge is -2.35. The molecule has 2 fully saturated rings. The van der Waals surface area contributed by atoms with Gasteiger partial charge in [-0.1, -0.05) is 6.92 Å². The highest BCUT2D eigenvalue weighted by atomic mass is 19.3. The van der Waals surface area contributed by atoms with Crippen molar-refractivity contribution in [1.82, 2.24) is 4.90 Å². The van der Waals surface area contributed by atoms with Crippen LogP contribution in [-0.2, 0) is 4.74 Å². The molecule has 1 aliphatic carbocycles. The molecule has 1 saturated carbocycles. The molecule has 2 rings (SSSR count). The summed E-state index contributed by atoms with van der Waals surface area (Å²) >= 11 is 0. The van der Waals surface area contributed by atoms with Crippen LogP contribution < -0.4 is 0 Å². The van der Waals surface area contributed by atoms with Crippen LogP contribution >= 0.6 is 0 Å². The third-order valence-electron chi connectivity index (χ3n) is 3.00. The van der Waals surface area contributed by atoms with E-state index in [0.29, 0.717) is 19.0 Å². The SMILES string of the molecule is CC1CCN(C(=O)OC2CC(F)(F)C2)C1. The van der Waals surface area contributed by atoms with Crippen LogP contribution in [-0.4, -0.2) is 36.1 Å². The van der Waals surface area contributed by atoms with Crippen LogP contribution in [0.3, 0.4) is 0 Å². The maximum atomic E-state index is 12.5. The molecule has 0 aromatic rings. The minimum atomic E-state index is -2.62. The molecule has 0 N–H and O–H groups in total. The van der Waals surface area contributed by atoms with E-state index < -0.39 is 18.1 Å². The maximum absolute atomic E-state index is 12.5. The summed E-state index contributed by atoms with van der Waals surface area (Å²) in [4.78, 5) is 13.1. The Morgan fingerprint density at radius 2 is 2.13 bits per heavy atom. The molecule has 86 valence electrons. The Kier molecular flexibility index (Phi) is 2.56. The van der Waals surface area contributed by atoms with Crippen molar-refractivity contribution in [2.75, 3.05) is 13.1 Å². The van der Waals surface area contributed by atoms with Gasteiger partial charge in [-0.2, -0.15) is 0 Å². The van der Waals surface area contributed by atoms with Crippen molar-refractivity contribution < 1.29 is 18.3 Å². The Balaban J connectivity index is 1.74. The molecule has 0 radical (unpaired) electrons. The van der Waals surface area contributed by atoms with Gasteiger partial charge in [-0.05, 0) is 12.3 Å². The maximum Gasteiger partial charge on any atom is 0.410 e. The summed E-state index contributed by atoms with van der Waals surface area (Å²) in [5, 5.41) is 0. The Hall–Kier alpha value is -0.870. The average molecular weight is 219 g/mol. The van der Waals surface area contributed by atoms with Gasteiger partial charge in [0.2, 0.25) is 0 Å². The fourth-order valence-electron chi connectivity index (χ4n) is 2.01. The van der Waals surface area contributed by atoms with Gasteiger partial charge < -0.3 is 9.64 Å². The molecule has 1 aliphatic heterocycles. The zero-order chi connectivity index (χ0) is 11.1. The number of amides is 1. The first kappa shape index (κ1) is 10.6. The molecule has 1 unspecified atom stereocenters. The second-order valence-electron chi connectivity index (χ2n) is 4.61. The molecule has 15 heavy (non-hydrogen) atoms. The quantitative estimate of drug-likeness (QED) is 0.677.